The number of aryl methyl sites for hydroxylation is 1. The van der Waals surface area contributed by atoms with Gasteiger partial charge in [0.1, 0.15) is 5.15 Å². The molecule has 0 aliphatic carbocycles. The minimum Gasteiger partial charge on any atom is -0.222 e. The Morgan fingerprint density at radius 1 is 1.17 bits per heavy atom. The van der Waals surface area contributed by atoms with Gasteiger partial charge in [-0.25, -0.2) is 17.9 Å². The first-order valence-electron chi connectivity index (χ1n) is 5.42. The quantitative estimate of drug-likeness (QED) is 0.776. The summed E-state index contributed by atoms with van der Waals surface area (Å²) in [5.74, 6) is -4.04. The zero-order valence-corrected chi connectivity index (χ0v) is 10.3. The van der Waals surface area contributed by atoms with E-state index in [9.17, 15) is 13.2 Å². The van der Waals surface area contributed by atoms with E-state index in [1.807, 2.05) is 6.92 Å². The van der Waals surface area contributed by atoms with Gasteiger partial charge in [-0.2, -0.15) is 5.10 Å². The third-order valence-electron chi connectivity index (χ3n) is 2.44. The molecular weight excluding hydrogens is 265 g/mol. The summed E-state index contributed by atoms with van der Waals surface area (Å²) in [6.45, 7) is 1.98. The summed E-state index contributed by atoms with van der Waals surface area (Å²) in [5.41, 5.74) is 0.770. The van der Waals surface area contributed by atoms with Gasteiger partial charge in [0.15, 0.2) is 17.5 Å². The lowest BCUT2D eigenvalue weighted by Crippen LogP contribution is -2.01. The van der Waals surface area contributed by atoms with E-state index in [0.717, 1.165) is 18.6 Å². The minimum atomic E-state index is -1.50. The fourth-order valence-corrected chi connectivity index (χ4v) is 1.89. The predicted octanol–water partition coefficient (Wildman–Crippen LogP) is 3.90. The van der Waals surface area contributed by atoms with Crippen LogP contribution in [0.3, 0.4) is 0 Å². The molecule has 0 radical (unpaired) electrons. The lowest BCUT2D eigenvalue weighted by molar-refractivity contribution is 0.446. The molecule has 1 heterocycles. The molecule has 1 aromatic carbocycles. The fourth-order valence-electron chi connectivity index (χ4n) is 1.63. The average Bonchev–Trinajstić information content (AvgIpc) is 2.67. The van der Waals surface area contributed by atoms with Gasteiger partial charge in [0.25, 0.3) is 0 Å². The van der Waals surface area contributed by atoms with E-state index in [4.69, 9.17) is 11.6 Å². The molecular formula is C12H10ClF3N2. The number of aromatic nitrogens is 2. The van der Waals surface area contributed by atoms with Crippen LogP contribution in [0.25, 0.3) is 5.69 Å². The Balaban J connectivity index is 2.48. The molecule has 0 N–H and O–H groups in total. The lowest BCUT2D eigenvalue weighted by atomic mass is 10.3. The Bertz CT molecular complexity index is 558. The van der Waals surface area contributed by atoms with Crippen LogP contribution in [-0.2, 0) is 6.42 Å². The summed E-state index contributed by atoms with van der Waals surface area (Å²) in [7, 11) is 0. The van der Waals surface area contributed by atoms with Crippen molar-refractivity contribution in [3.05, 3.63) is 46.5 Å². The Morgan fingerprint density at radius 3 is 2.33 bits per heavy atom. The molecule has 2 nitrogen and oxygen atoms in total. The second-order valence-electron chi connectivity index (χ2n) is 3.84. The number of nitrogens with zero attached hydrogens (tertiary/aromatic N) is 2. The van der Waals surface area contributed by atoms with Crippen LogP contribution in [-0.4, -0.2) is 9.78 Å². The molecule has 0 fully saturated rings. The number of benzene rings is 1. The summed E-state index contributed by atoms with van der Waals surface area (Å²) in [6.07, 6.45) is 1.58. The van der Waals surface area contributed by atoms with Crippen LogP contribution in [0.5, 0.6) is 0 Å². The van der Waals surface area contributed by atoms with Gasteiger partial charge in [-0.15, -0.1) is 0 Å². The monoisotopic (exact) mass is 274 g/mol. The molecule has 0 aliphatic heterocycles. The normalized spacial score (nSPS) is 10.9. The van der Waals surface area contributed by atoms with E-state index in [-0.39, 0.29) is 10.8 Å². The predicted molar refractivity (Wildman–Crippen MR) is 62.4 cm³/mol. The van der Waals surface area contributed by atoms with Crippen molar-refractivity contribution in [3.8, 4) is 5.69 Å². The SMILES string of the molecule is CCCc1cc(Cl)n(-c2cc(F)c(F)c(F)c2)n1. The second-order valence-corrected chi connectivity index (χ2v) is 4.23. The Labute approximate surface area is 107 Å². The highest BCUT2D eigenvalue weighted by Gasteiger charge is 2.14. The maximum absolute atomic E-state index is 13.1. The molecule has 0 unspecified atom stereocenters. The molecule has 0 saturated carbocycles. The highest BCUT2D eigenvalue weighted by Crippen LogP contribution is 2.21. The zero-order chi connectivity index (χ0) is 13.3. The van der Waals surface area contributed by atoms with Crippen LogP contribution >= 0.6 is 11.6 Å². The lowest BCUT2D eigenvalue weighted by Gasteiger charge is -2.04. The van der Waals surface area contributed by atoms with Crippen molar-refractivity contribution in [2.75, 3.05) is 0 Å². The maximum atomic E-state index is 13.1. The van der Waals surface area contributed by atoms with Crippen molar-refractivity contribution in [2.45, 2.75) is 19.8 Å². The summed E-state index contributed by atoms with van der Waals surface area (Å²) >= 11 is 5.92. The van der Waals surface area contributed by atoms with E-state index in [1.54, 1.807) is 6.07 Å². The van der Waals surface area contributed by atoms with Gasteiger partial charge >= 0.3 is 0 Å². The molecule has 0 aliphatic rings. The summed E-state index contributed by atoms with van der Waals surface area (Å²) in [4.78, 5) is 0. The Kier molecular flexibility index (Phi) is 3.61. The van der Waals surface area contributed by atoms with Gasteiger partial charge in [-0.3, -0.25) is 0 Å². The summed E-state index contributed by atoms with van der Waals surface area (Å²) < 4.78 is 40.2. The number of rotatable bonds is 3. The molecule has 2 rings (SSSR count). The van der Waals surface area contributed by atoms with Crippen LogP contribution in [0.2, 0.25) is 5.15 Å². The van der Waals surface area contributed by atoms with Crippen molar-refractivity contribution in [1.29, 1.82) is 0 Å². The van der Waals surface area contributed by atoms with Crippen molar-refractivity contribution in [2.24, 2.45) is 0 Å². The molecule has 2 aromatic rings. The minimum absolute atomic E-state index is 0.0544. The smallest absolute Gasteiger partial charge is 0.194 e. The van der Waals surface area contributed by atoms with Crippen LogP contribution < -0.4 is 0 Å². The second kappa shape index (κ2) is 5.02. The first kappa shape index (κ1) is 13.0. The number of hydrogen-bond acceptors (Lipinski definition) is 1. The van der Waals surface area contributed by atoms with Gasteiger partial charge in [0.05, 0.1) is 11.4 Å². The average molecular weight is 275 g/mol. The van der Waals surface area contributed by atoms with Crippen LogP contribution in [0.4, 0.5) is 13.2 Å². The first-order chi connectivity index (χ1) is 8.52. The molecule has 96 valence electrons. The van der Waals surface area contributed by atoms with E-state index >= 15 is 0 Å². The van der Waals surface area contributed by atoms with E-state index in [0.29, 0.717) is 12.1 Å². The molecule has 1 aromatic heterocycles. The molecule has 18 heavy (non-hydrogen) atoms. The largest absolute Gasteiger partial charge is 0.222 e. The Morgan fingerprint density at radius 2 is 1.78 bits per heavy atom. The topological polar surface area (TPSA) is 17.8 Å². The number of hydrogen-bond donors (Lipinski definition) is 0. The van der Waals surface area contributed by atoms with Crippen LogP contribution in [0.15, 0.2) is 18.2 Å². The highest BCUT2D eigenvalue weighted by atomic mass is 35.5. The highest BCUT2D eigenvalue weighted by molar-refractivity contribution is 6.29. The zero-order valence-electron chi connectivity index (χ0n) is 9.55. The summed E-state index contributed by atoms with van der Waals surface area (Å²) in [6, 6.07) is 3.32. The van der Waals surface area contributed by atoms with E-state index in [2.05, 4.69) is 5.10 Å². The third kappa shape index (κ3) is 2.36. The maximum Gasteiger partial charge on any atom is 0.194 e. The fraction of sp³-hybridized carbons (Fsp3) is 0.250. The van der Waals surface area contributed by atoms with Crippen molar-refractivity contribution >= 4 is 11.6 Å². The standard InChI is InChI=1S/C12H10ClF3N2/c1-2-3-7-4-11(13)18(17-7)8-5-9(14)12(16)10(15)6-8/h4-6H,2-3H2,1H3. The molecule has 0 saturated heterocycles. The van der Waals surface area contributed by atoms with Crippen molar-refractivity contribution in [3.63, 3.8) is 0 Å². The van der Waals surface area contributed by atoms with Gasteiger partial charge in [0.2, 0.25) is 0 Å². The molecule has 0 bridgehead atoms. The van der Waals surface area contributed by atoms with E-state index in [1.165, 1.54) is 4.68 Å². The van der Waals surface area contributed by atoms with Gasteiger partial charge in [-0.05, 0) is 12.5 Å². The Hall–Kier alpha value is -1.49. The molecule has 0 spiro atoms. The van der Waals surface area contributed by atoms with Crippen molar-refractivity contribution in [1.82, 2.24) is 9.78 Å². The summed E-state index contributed by atoms with van der Waals surface area (Å²) in [5, 5.41) is 4.34. The molecule has 0 atom stereocenters. The van der Waals surface area contributed by atoms with Gasteiger partial charge in [-0.1, -0.05) is 24.9 Å². The molecule has 6 heteroatoms. The van der Waals surface area contributed by atoms with Crippen LogP contribution in [0.1, 0.15) is 19.0 Å². The molecule has 0 amide bonds. The van der Waals surface area contributed by atoms with E-state index < -0.39 is 17.5 Å². The van der Waals surface area contributed by atoms with Crippen LogP contribution in [0, 0.1) is 17.5 Å². The first-order valence-corrected chi connectivity index (χ1v) is 5.80. The third-order valence-corrected chi connectivity index (χ3v) is 2.71. The van der Waals surface area contributed by atoms with Gasteiger partial charge in [0, 0.05) is 12.1 Å². The number of halogens is 4. The van der Waals surface area contributed by atoms with Gasteiger partial charge < -0.3 is 0 Å². The van der Waals surface area contributed by atoms with Crippen molar-refractivity contribution < 1.29 is 13.2 Å².